The molecule has 1 aromatic carbocycles. The smallest absolute Gasteiger partial charge is 0.197 e. The average molecular weight is 341 g/mol. The fraction of sp³-hybridized carbons (Fsp3) is 0.214. The summed E-state index contributed by atoms with van der Waals surface area (Å²) in [5.41, 5.74) is 2.18. The third kappa shape index (κ3) is 2.67. The standard InChI is InChI=1S/C14H13BrO3S/c1-8-6-19-7-10(8)14(16)9-4-13(18-3)11(15)5-12(9)17-2/h4-7H,1-3H3. The number of ether oxygens (including phenoxy) is 2. The Morgan fingerprint density at radius 3 is 2.32 bits per heavy atom. The lowest BCUT2D eigenvalue weighted by Crippen LogP contribution is -2.05. The zero-order chi connectivity index (χ0) is 14.0. The van der Waals surface area contributed by atoms with E-state index in [-0.39, 0.29) is 5.78 Å². The van der Waals surface area contributed by atoms with Crippen molar-refractivity contribution in [3.63, 3.8) is 0 Å². The van der Waals surface area contributed by atoms with E-state index >= 15 is 0 Å². The maximum Gasteiger partial charge on any atom is 0.197 e. The largest absolute Gasteiger partial charge is 0.496 e. The van der Waals surface area contributed by atoms with Crippen molar-refractivity contribution in [2.75, 3.05) is 14.2 Å². The molecule has 0 aliphatic carbocycles. The van der Waals surface area contributed by atoms with Crippen LogP contribution in [-0.4, -0.2) is 20.0 Å². The van der Waals surface area contributed by atoms with E-state index in [0.29, 0.717) is 22.6 Å². The van der Waals surface area contributed by atoms with Gasteiger partial charge in [-0.3, -0.25) is 4.79 Å². The van der Waals surface area contributed by atoms with Crippen molar-refractivity contribution < 1.29 is 14.3 Å². The van der Waals surface area contributed by atoms with Gasteiger partial charge in [-0.1, -0.05) is 0 Å². The van der Waals surface area contributed by atoms with Gasteiger partial charge in [0.1, 0.15) is 11.5 Å². The third-order valence-electron chi connectivity index (χ3n) is 2.82. The molecule has 0 bridgehead atoms. The second kappa shape index (κ2) is 5.75. The first-order valence-corrected chi connectivity index (χ1v) is 7.31. The van der Waals surface area contributed by atoms with Crippen LogP contribution < -0.4 is 9.47 Å². The summed E-state index contributed by atoms with van der Waals surface area (Å²) in [6.07, 6.45) is 0. The number of rotatable bonds is 4. The van der Waals surface area contributed by atoms with Crippen molar-refractivity contribution in [3.05, 3.63) is 44.1 Å². The van der Waals surface area contributed by atoms with E-state index in [0.717, 1.165) is 10.0 Å². The summed E-state index contributed by atoms with van der Waals surface area (Å²) in [6.45, 7) is 1.92. The molecule has 5 heteroatoms. The first-order valence-electron chi connectivity index (χ1n) is 5.57. The average Bonchev–Trinajstić information content (AvgIpc) is 2.83. The first-order chi connectivity index (χ1) is 9.08. The van der Waals surface area contributed by atoms with Gasteiger partial charge < -0.3 is 9.47 Å². The van der Waals surface area contributed by atoms with Gasteiger partial charge in [0.15, 0.2) is 5.78 Å². The molecule has 19 heavy (non-hydrogen) atoms. The van der Waals surface area contributed by atoms with E-state index < -0.39 is 0 Å². The van der Waals surface area contributed by atoms with Crippen LogP contribution in [0.15, 0.2) is 27.4 Å². The number of halogens is 1. The van der Waals surface area contributed by atoms with Crippen molar-refractivity contribution in [1.29, 1.82) is 0 Å². The van der Waals surface area contributed by atoms with Crippen LogP contribution in [0.5, 0.6) is 11.5 Å². The number of carbonyl (C=O) groups excluding carboxylic acids is 1. The highest BCUT2D eigenvalue weighted by molar-refractivity contribution is 9.10. The molecule has 0 saturated carbocycles. The highest BCUT2D eigenvalue weighted by atomic mass is 79.9. The molecule has 0 fully saturated rings. The van der Waals surface area contributed by atoms with Gasteiger partial charge in [0.05, 0.1) is 24.3 Å². The predicted octanol–water partition coefficient (Wildman–Crippen LogP) is 4.07. The van der Waals surface area contributed by atoms with Crippen molar-refractivity contribution in [2.45, 2.75) is 6.92 Å². The lowest BCUT2D eigenvalue weighted by molar-refractivity contribution is 0.103. The molecule has 100 valence electrons. The van der Waals surface area contributed by atoms with Crippen molar-refractivity contribution >= 4 is 33.0 Å². The van der Waals surface area contributed by atoms with Gasteiger partial charge in [-0.25, -0.2) is 0 Å². The molecule has 0 unspecified atom stereocenters. The summed E-state index contributed by atoms with van der Waals surface area (Å²) in [5.74, 6) is 1.08. The number of thiophene rings is 1. The van der Waals surface area contributed by atoms with Gasteiger partial charge in [-0.15, -0.1) is 0 Å². The van der Waals surface area contributed by atoms with E-state index in [1.807, 2.05) is 17.7 Å². The summed E-state index contributed by atoms with van der Waals surface area (Å²) in [5, 5.41) is 3.81. The summed E-state index contributed by atoms with van der Waals surface area (Å²) in [6, 6.07) is 3.44. The Balaban J connectivity index is 2.55. The summed E-state index contributed by atoms with van der Waals surface area (Å²) < 4.78 is 11.3. The van der Waals surface area contributed by atoms with E-state index in [9.17, 15) is 4.79 Å². The second-order valence-corrected chi connectivity index (χ2v) is 5.58. The normalized spacial score (nSPS) is 10.3. The minimum absolute atomic E-state index is 0.0543. The molecule has 0 atom stereocenters. The third-order valence-corrected chi connectivity index (χ3v) is 4.30. The Morgan fingerprint density at radius 1 is 1.11 bits per heavy atom. The molecule has 0 spiro atoms. The highest BCUT2D eigenvalue weighted by Gasteiger charge is 2.19. The molecule has 0 amide bonds. The molecule has 0 aliphatic rings. The molecule has 3 nitrogen and oxygen atoms in total. The molecule has 1 heterocycles. The molecule has 0 radical (unpaired) electrons. The molecular formula is C14H13BrO3S. The highest BCUT2D eigenvalue weighted by Crippen LogP contribution is 2.34. The molecule has 0 aliphatic heterocycles. The monoisotopic (exact) mass is 340 g/mol. The molecular weight excluding hydrogens is 328 g/mol. The molecule has 2 aromatic rings. The molecule has 2 rings (SSSR count). The van der Waals surface area contributed by atoms with Gasteiger partial charge in [0.2, 0.25) is 0 Å². The number of carbonyl (C=O) groups is 1. The fourth-order valence-electron chi connectivity index (χ4n) is 1.78. The topological polar surface area (TPSA) is 35.5 Å². The Labute approximate surface area is 124 Å². The zero-order valence-corrected chi connectivity index (χ0v) is 13.2. The van der Waals surface area contributed by atoms with Crippen LogP contribution in [0.25, 0.3) is 0 Å². The Kier molecular flexibility index (Phi) is 4.27. The minimum Gasteiger partial charge on any atom is -0.496 e. The van der Waals surface area contributed by atoms with Crippen LogP contribution in [0.4, 0.5) is 0 Å². The predicted molar refractivity (Wildman–Crippen MR) is 79.7 cm³/mol. The lowest BCUT2D eigenvalue weighted by atomic mass is 10.0. The van der Waals surface area contributed by atoms with Gasteiger partial charge in [0, 0.05) is 10.9 Å². The Morgan fingerprint density at radius 2 is 1.79 bits per heavy atom. The van der Waals surface area contributed by atoms with Crippen LogP contribution in [0, 0.1) is 6.92 Å². The number of ketones is 1. The Bertz CT molecular complexity index is 619. The number of hydrogen-bond acceptors (Lipinski definition) is 4. The van der Waals surface area contributed by atoms with Crippen molar-refractivity contribution in [3.8, 4) is 11.5 Å². The Hall–Kier alpha value is -1.33. The molecule has 0 N–H and O–H groups in total. The van der Waals surface area contributed by atoms with Crippen LogP contribution >= 0.6 is 27.3 Å². The summed E-state index contributed by atoms with van der Waals surface area (Å²) in [7, 11) is 3.11. The first kappa shape index (κ1) is 14.1. The number of hydrogen-bond donors (Lipinski definition) is 0. The molecule has 0 saturated heterocycles. The lowest BCUT2D eigenvalue weighted by Gasteiger charge is -2.11. The van der Waals surface area contributed by atoms with E-state index in [4.69, 9.17) is 9.47 Å². The zero-order valence-electron chi connectivity index (χ0n) is 10.8. The number of aryl methyl sites for hydroxylation is 1. The summed E-state index contributed by atoms with van der Waals surface area (Å²) in [4.78, 5) is 12.5. The van der Waals surface area contributed by atoms with Gasteiger partial charge in [-0.05, 0) is 45.9 Å². The fourth-order valence-corrected chi connectivity index (χ4v) is 3.09. The van der Waals surface area contributed by atoms with Crippen LogP contribution in [0.3, 0.4) is 0 Å². The SMILES string of the molecule is COc1cc(C(=O)c2cscc2C)c(OC)cc1Br. The minimum atomic E-state index is -0.0543. The van der Waals surface area contributed by atoms with Crippen LogP contribution in [0.1, 0.15) is 21.5 Å². The van der Waals surface area contributed by atoms with Crippen molar-refractivity contribution in [1.82, 2.24) is 0 Å². The quantitative estimate of drug-likeness (QED) is 0.787. The van der Waals surface area contributed by atoms with Gasteiger partial charge >= 0.3 is 0 Å². The van der Waals surface area contributed by atoms with Gasteiger partial charge in [-0.2, -0.15) is 11.3 Å². The van der Waals surface area contributed by atoms with Gasteiger partial charge in [0.25, 0.3) is 0 Å². The van der Waals surface area contributed by atoms with E-state index in [2.05, 4.69) is 15.9 Å². The maximum atomic E-state index is 12.5. The number of methoxy groups -OCH3 is 2. The van der Waals surface area contributed by atoms with Crippen LogP contribution in [0.2, 0.25) is 0 Å². The van der Waals surface area contributed by atoms with E-state index in [1.165, 1.54) is 11.3 Å². The summed E-state index contributed by atoms with van der Waals surface area (Å²) >= 11 is 4.89. The van der Waals surface area contributed by atoms with E-state index in [1.54, 1.807) is 26.4 Å². The second-order valence-electron chi connectivity index (χ2n) is 3.98. The van der Waals surface area contributed by atoms with Crippen LogP contribution in [-0.2, 0) is 0 Å². The maximum absolute atomic E-state index is 12.5. The number of benzene rings is 1. The molecule has 1 aromatic heterocycles. The van der Waals surface area contributed by atoms with Crippen molar-refractivity contribution in [2.24, 2.45) is 0 Å².